The first kappa shape index (κ1) is 15.0. The Morgan fingerprint density at radius 2 is 2.05 bits per heavy atom. The first-order chi connectivity index (χ1) is 10.2. The second-order valence-electron chi connectivity index (χ2n) is 4.71. The predicted octanol–water partition coefficient (Wildman–Crippen LogP) is 1.94. The first-order valence-electron chi connectivity index (χ1n) is 7.05. The fraction of sp³-hybridized carbons (Fsp3) is 0.400. The molecule has 0 aliphatic rings. The van der Waals surface area contributed by atoms with Crippen LogP contribution in [0.5, 0.6) is 0 Å². The highest BCUT2D eigenvalue weighted by Gasteiger charge is 2.04. The number of aryl methyl sites for hydroxylation is 2. The molecule has 0 saturated carbocycles. The minimum absolute atomic E-state index is 0.459. The molecular weight excluding hydrogens is 266 g/mol. The van der Waals surface area contributed by atoms with Gasteiger partial charge in [0.1, 0.15) is 0 Å². The molecule has 0 spiro atoms. The molecule has 6 heteroatoms. The zero-order chi connectivity index (χ0) is 15.1. The van der Waals surface area contributed by atoms with Gasteiger partial charge in [-0.05, 0) is 31.9 Å². The fourth-order valence-electron chi connectivity index (χ4n) is 1.86. The maximum absolute atomic E-state index is 5.07. The highest BCUT2D eigenvalue weighted by atomic mass is 16.5. The number of nitrogens with zero attached hydrogens (tertiary/aromatic N) is 3. The zero-order valence-corrected chi connectivity index (χ0v) is 12.7. The van der Waals surface area contributed by atoms with Crippen molar-refractivity contribution in [3.8, 4) is 0 Å². The van der Waals surface area contributed by atoms with Crippen LogP contribution in [-0.4, -0.2) is 22.6 Å². The van der Waals surface area contributed by atoms with Gasteiger partial charge in [0.2, 0.25) is 5.89 Å². The van der Waals surface area contributed by atoms with Gasteiger partial charge < -0.3 is 15.2 Å². The third kappa shape index (κ3) is 4.59. The number of aromatic nitrogens is 2. The molecule has 0 atom stereocenters. The first-order valence-corrected chi connectivity index (χ1v) is 7.05. The molecule has 2 aromatic rings. The van der Waals surface area contributed by atoms with Crippen molar-refractivity contribution in [1.82, 2.24) is 20.8 Å². The SMILES string of the molecule is CCNC(=NCc1ccccc1C)NCc1nc(C)no1. The monoisotopic (exact) mass is 287 g/mol. The molecule has 1 aromatic heterocycles. The van der Waals surface area contributed by atoms with E-state index < -0.39 is 0 Å². The van der Waals surface area contributed by atoms with Gasteiger partial charge in [-0.15, -0.1) is 0 Å². The quantitative estimate of drug-likeness (QED) is 0.649. The van der Waals surface area contributed by atoms with Crippen LogP contribution in [0.1, 0.15) is 29.8 Å². The number of hydrogen-bond donors (Lipinski definition) is 2. The van der Waals surface area contributed by atoms with Crippen molar-refractivity contribution in [2.45, 2.75) is 33.9 Å². The third-order valence-corrected chi connectivity index (χ3v) is 2.99. The molecule has 1 heterocycles. The van der Waals surface area contributed by atoms with E-state index in [1.165, 1.54) is 11.1 Å². The molecule has 21 heavy (non-hydrogen) atoms. The molecular formula is C15H21N5O. The van der Waals surface area contributed by atoms with Crippen molar-refractivity contribution < 1.29 is 4.52 Å². The van der Waals surface area contributed by atoms with E-state index in [1.54, 1.807) is 6.92 Å². The Bertz CT molecular complexity index is 606. The lowest BCUT2D eigenvalue weighted by Gasteiger charge is -2.10. The van der Waals surface area contributed by atoms with Crippen LogP contribution in [0.25, 0.3) is 0 Å². The van der Waals surface area contributed by atoms with Crippen LogP contribution < -0.4 is 10.6 Å². The third-order valence-electron chi connectivity index (χ3n) is 2.99. The van der Waals surface area contributed by atoms with Crippen LogP contribution in [0.2, 0.25) is 0 Å². The maximum atomic E-state index is 5.07. The van der Waals surface area contributed by atoms with Crippen LogP contribution in [0.4, 0.5) is 0 Å². The maximum Gasteiger partial charge on any atom is 0.246 e. The number of aliphatic imine (C=N–C) groups is 1. The summed E-state index contributed by atoms with van der Waals surface area (Å²) in [6, 6.07) is 8.24. The van der Waals surface area contributed by atoms with Crippen molar-refractivity contribution in [3.05, 3.63) is 47.1 Å². The fourth-order valence-corrected chi connectivity index (χ4v) is 1.86. The molecule has 0 radical (unpaired) electrons. The summed E-state index contributed by atoms with van der Waals surface area (Å²) in [4.78, 5) is 8.72. The van der Waals surface area contributed by atoms with Gasteiger partial charge in [0.15, 0.2) is 11.8 Å². The molecule has 1 aromatic carbocycles. The summed E-state index contributed by atoms with van der Waals surface area (Å²) in [5.41, 5.74) is 2.45. The van der Waals surface area contributed by atoms with E-state index in [-0.39, 0.29) is 0 Å². The topological polar surface area (TPSA) is 75.3 Å². The summed E-state index contributed by atoms with van der Waals surface area (Å²) >= 11 is 0. The van der Waals surface area contributed by atoms with Gasteiger partial charge in [0.05, 0.1) is 13.1 Å². The smallest absolute Gasteiger partial charge is 0.246 e. The lowest BCUT2D eigenvalue weighted by atomic mass is 10.1. The highest BCUT2D eigenvalue weighted by molar-refractivity contribution is 5.79. The molecule has 6 nitrogen and oxygen atoms in total. The number of hydrogen-bond acceptors (Lipinski definition) is 4. The minimum Gasteiger partial charge on any atom is -0.357 e. The van der Waals surface area contributed by atoms with Crippen LogP contribution >= 0.6 is 0 Å². The molecule has 2 rings (SSSR count). The van der Waals surface area contributed by atoms with Crippen molar-refractivity contribution in [1.29, 1.82) is 0 Å². The van der Waals surface area contributed by atoms with E-state index in [9.17, 15) is 0 Å². The summed E-state index contributed by atoms with van der Waals surface area (Å²) in [6.45, 7) is 7.80. The summed E-state index contributed by atoms with van der Waals surface area (Å²) in [6.07, 6.45) is 0. The zero-order valence-electron chi connectivity index (χ0n) is 12.7. The van der Waals surface area contributed by atoms with Crippen LogP contribution in [-0.2, 0) is 13.1 Å². The Morgan fingerprint density at radius 1 is 1.24 bits per heavy atom. The summed E-state index contributed by atoms with van der Waals surface area (Å²) in [7, 11) is 0. The number of rotatable bonds is 5. The van der Waals surface area contributed by atoms with Crippen molar-refractivity contribution in [2.24, 2.45) is 4.99 Å². The lowest BCUT2D eigenvalue weighted by molar-refractivity contribution is 0.371. The molecule has 0 aliphatic carbocycles. The summed E-state index contributed by atoms with van der Waals surface area (Å²) in [5, 5.41) is 10.1. The van der Waals surface area contributed by atoms with Crippen LogP contribution in [0, 0.1) is 13.8 Å². The van der Waals surface area contributed by atoms with Crippen molar-refractivity contribution >= 4 is 5.96 Å². The van der Waals surface area contributed by atoms with Gasteiger partial charge in [-0.1, -0.05) is 29.4 Å². The average Bonchev–Trinajstić information content (AvgIpc) is 2.89. The van der Waals surface area contributed by atoms with E-state index in [0.29, 0.717) is 24.8 Å². The average molecular weight is 287 g/mol. The van der Waals surface area contributed by atoms with Crippen molar-refractivity contribution in [3.63, 3.8) is 0 Å². The molecule has 112 valence electrons. The molecule has 0 aliphatic heterocycles. The molecule has 0 fully saturated rings. The van der Waals surface area contributed by atoms with Crippen LogP contribution in [0.15, 0.2) is 33.8 Å². The number of nitrogens with one attached hydrogen (secondary N) is 2. The Hall–Kier alpha value is -2.37. The number of guanidine groups is 1. The summed E-state index contributed by atoms with van der Waals surface area (Å²) in [5.74, 6) is 1.92. The predicted molar refractivity (Wildman–Crippen MR) is 81.9 cm³/mol. The van der Waals surface area contributed by atoms with E-state index in [4.69, 9.17) is 4.52 Å². The standard InChI is InChI=1S/C15H21N5O/c1-4-16-15(18-10-14-19-12(3)20-21-14)17-9-13-8-6-5-7-11(13)2/h5-8H,4,9-10H2,1-3H3,(H2,16,17,18). The molecule has 0 unspecified atom stereocenters. The van der Waals surface area contributed by atoms with Gasteiger partial charge in [0.25, 0.3) is 0 Å². The largest absolute Gasteiger partial charge is 0.357 e. The van der Waals surface area contributed by atoms with E-state index >= 15 is 0 Å². The Kier molecular flexibility index (Phi) is 5.31. The molecule has 0 bridgehead atoms. The molecule has 0 saturated heterocycles. The van der Waals surface area contributed by atoms with Crippen molar-refractivity contribution in [2.75, 3.05) is 6.54 Å². The van der Waals surface area contributed by atoms with Crippen LogP contribution in [0.3, 0.4) is 0 Å². The van der Waals surface area contributed by atoms with E-state index in [2.05, 4.69) is 44.8 Å². The summed E-state index contributed by atoms with van der Waals surface area (Å²) < 4.78 is 5.07. The van der Waals surface area contributed by atoms with Gasteiger partial charge in [-0.3, -0.25) is 0 Å². The number of benzene rings is 1. The lowest BCUT2D eigenvalue weighted by Crippen LogP contribution is -2.36. The second kappa shape index (κ2) is 7.42. The molecule has 0 amide bonds. The molecule has 2 N–H and O–H groups in total. The van der Waals surface area contributed by atoms with Gasteiger partial charge >= 0.3 is 0 Å². The van der Waals surface area contributed by atoms with Gasteiger partial charge in [0, 0.05) is 6.54 Å². The Balaban J connectivity index is 1.97. The Morgan fingerprint density at radius 3 is 2.71 bits per heavy atom. The normalized spacial score (nSPS) is 11.5. The Labute approximate surface area is 124 Å². The second-order valence-corrected chi connectivity index (χ2v) is 4.71. The minimum atomic E-state index is 0.459. The highest BCUT2D eigenvalue weighted by Crippen LogP contribution is 2.07. The van der Waals surface area contributed by atoms with Gasteiger partial charge in [-0.2, -0.15) is 4.98 Å². The van der Waals surface area contributed by atoms with E-state index in [0.717, 1.165) is 12.5 Å². The van der Waals surface area contributed by atoms with Gasteiger partial charge in [-0.25, -0.2) is 4.99 Å². The van der Waals surface area contributed by atoms with E-state index in [1.807, 2.05) is 19.1 Å².